The average Bonchev–Trinajstić information content (AvgIpc) is 2.42. The van der Waals surface area contributed by atoms with Gasteiger partial charge in [-0.2, -0.15) is 0 Å². The van der Waals surface area contributed by atoms with Gasteiger partial charge in [0.05, 0.1) is 29.2 Å². The Balaban J connectivity index is 3.01. The van der Waals surface area contributed by atoms with Crippen LogP contribution in [-0.2, 0) is 10.0 Å². The topological polar surface area (TPSA) is 98.5 Å². The molecule has 1 N–H and O–H groups in total. The lowest BCUT2D eigenvalue weighted by molar-refractivity contribution is -0.384. The first kappa shape index (κ1) is 17.4. The maximum Gasteiger partial charge on any atom is 0.273 e. The van der Waals surface area contributed by atoms with Crippen LogP contribution in [0.1, 0.15) is 6.92 Å². The number of allylic oxidation sites excluding steroid dienone is 5. The van der Waals surface area contributed by atoms with E-state index in [1.165, 1.54) is 18.4 Å². The summed E-state index contributed by atoms with van der Waals surface area (Å²) < 4.78 is 30.1. The van der Waals surface area contributed by atoms with Gasteiger partial charge in [0.25, 0.3) is 5.69 Å². The van der Waals surface area contributed by atoms with Gasteiger partial charge in [-0.25, -0.2) is 8.42 Å². The molecule has 0 aromatic heterocycles. The summed E-state index contributed by atoms with van der Waals surface area (Å²) >= 11 is 0. The molecule has 0 atom stereocenters. The lowest BCUT2D eigenvalue weighted by Crippen LogP contribution is -2.10. The molecule has 1 aromatic rings. The molecule has 0 unspecified atom stereocenters. The van der Waals surface area contributed by atoms with Crippen molar-refractivity contribution in [3.8, 4) is 5.75 Å². The van der Waals surface area contributed by atoms with Crippen molar-refractivity contribution in [2.45, 2.75) is 6.92 Å². The van der Waals surface area contributed by atoms with Crippen LogP contribution in [0.4, 0.5) is 11.4 Å². The average molecular weight is 324 g/mol. The number of sulfonamides is 1. The number of nitrogens with zero attached hydrogens (tertiary/aromatic N) is 1. The van der Waals surface area contributed by atoms with Gasteiger partial charge < -0.3 is 4.74 Å². The van der Waals surface area contributed by atoms with Crippen LogP contribution in [0.5, 0.6) is 5.75 Å². The van der Waals surface area contributed by atoms with Gasteiger partial charge in [0.2, 0.25) is 10.0 Å². The molecule has 0 radical (unpaired) electrons. The summed E-state index contributed by atoms with van der Waals surface area (Å²) in [4.78, 5) is 10.2. The minimum Gasteiger partial charge on any atom is -0.463 e. The number of rotatable bonds is 7. The third-order valence-electron chi connectivity index (χ3n) is 2.27. The minimum absolute atomic E-state index is 0.0373. The Bertz CT molecular complexity index is 721. The second-order valence-corrected chi connectivity index (χ2v) is 5.92. The molecule has 0 aliphatic rings. The second kappa shape index (κ2) is 7.99. The minimum atomic E-state index is -3.52. The lowest BCUT2D eigenvalue weighted by atomic mass is 10.2. The highest BCUT2D eigenvalue weighted by Gasteiger charge is 2.14. The summed E-state index contributed by atoms with van der Waals surface area (Å²) in [6.45, 7) is 1.87. The molecule has 0 amide bonds. The van der Waals surface area contributed by atoms with Crippen LogP contribution >= 0.6 is 0 Å². The molecule has 0 spiro atoms. The van der Waals surface area contributed by atoms with Crippen LogP contribution in [0.15, 0.2) is 54.8 Å². The number of non-ortho nitro benzene ring substituents is 1. The predicted molar refractivity (Wildman–Crippen MR) is 85.3 cm³/mol. The standard InChI is InChI=1S/C14H16N2O5S/c1-3-4-5-6-7-10-21-14-11-12(16(17)18)8-9-13(14)15-22(2,19)20/h3-11,15H,1-2H3/b4-3-,6-5-,10-7+. The van der Waals surface area contributed by atoms with Crippen LogP contribution < -0.4 is 9.46 Å². The second-order valence-electron chi connectivity index (χ2n) is 4.17. The number of anilines is 1. The van der Waals surface area contributed by atoms with Gasteiger partial charge >= 0.3 is 0 Å². The number of hydrogen-bond donors (Lipinski definition) is 1. The molecule has 0 heterocycles. The first-order valence-corrected chi connectivity index (χ1v) is 8.10. The van der Waals surface area contributed by atoms with E-state index in [2.05, 4.69) is 4.72 Å². The SMILES string of the molecule is C\C=C/C=C\C=C\Oc1cc([N+](=O)[O-])ccc1NS(C)(=O)=O. The maximum absolute atomic E-state index is 11.3. The highest BCUT2D eigenvalue weighted by Crippen LogP contribution is 2.30. The highest BCUT2D eigenvalue weighted by atomic mass is 32.2. The van der Waals surface area contributed by atoms with E-state index in [1.54, 1.807) is 18.2 Å². The fourth-order valence-electron chi connectivity index (χ4n) is 1.40. The van der Waals surface area contributed by atoms with Gasteiger partial charge in [-0.3, -0.25) is 14.8 Å². The van der Waals surface area contributed by atoms with Crippen molar-refractivity contribution < 1.29 is 18.1 Å². The normalized spacial score (nSPS) is 12.3. The molecule has 0 saturated carbocycles. The van der Waals surface area contributed by atoms with Gasteiger partial charge in [-0.1, -0.05) is 24.3 Å². The number of benzene rings is 1. The molecule has 7 nitrogen and oxygen atoms in total. The van der Waals surface area contributed by atoms with Crippen molar-refractivity contribution in [2.75, 3.05) is 11.0 Å². The molecule has 1 rings (SSSR count). The van der Waals surface area contributed by atoms with Gasteiger partial charge in [0.15, 0.2) is 5.75 Å². The van der Waals surface area contributed by atoms with Gasteiger partial charge in [-0.15, -0.1) is 0 Å². The first-order valence-electron chi connectivity index (χ1n) is 6.21. The molecule has 0 aliphatic carbocycles. The number of ether oxygens (including phenoxy) is 1. The third-order valence-corrected chi connectivity index (χ3v) is 2.86. The zero-order chi connectivity index (χ0) is 16.6. The fraction of sp³-hybridized carbons (Fsp3) is 0.143. The number of nitrogens with one attached hydrogen (secondary N) is 1. The number of nitro benzene ring substituents is 1. The molecule has 118 valence electrons. The van der Waals surface area contributed by atoms with Crippen molar-refractivity contribution in [2.24, 2.45) is 0 Å². The highest BCUT2D eigenvalue weighted by molar-refractivity contribution is 7.92. The third kappa shape index (κ3) is 6.23. The Hall–Kier alpha value is -2.61. The molecular weight excluding hydrogens is 308 g/mol. The van der Waals surface area contributed by atoms with E-state index in [0.717, 1.165) is 12.3 Å². The molecule has 22 heavy (non-hydrogen) atoms. The predicted octanol–water partition coefficient (Wildman–Crippen LogP) is 2.99. The smallest absolute Gasteiger partial charge is 0.273 e. The molecule has 8 heteroatoms. The first-order chi connectivity index (χ1) is 10.3. The summed E-state index contributed by atoms with van der Waals surface area (Å²) in [6.07, 6.45) is 11.0. The van der Waals surface area contributed by atoms with Crippen LogP contribution in [0.3, 0.4) is 0 Å². The Morgan fingerprint density at radius 2 is 1.91 bits per heavy atom. The lowest BCUT2D eigenvalue weighted by Gasteiger charge is -2.09. The van der Waals surface area contributed by atoms with Crippen molar-refractivity contribution in [1.29, 1.82) is 0 Å². The summed E-state index contributed by atoms with van der Waals surface area (Å²) in [5, 5.41) is 10.8. The van der Waals surface area contributed by atoms with Crippen LogP contribution in [0.25, 0.3) is 0 Å². The molecule has 0 saturated heterocycles. The summed E-state index contributed by atoms with van der Waals surface area (Å²) in [6, 6.07) is 3.61. The Kier molecular flexibility index (Phi) is 6.33. The molecular formula is C14H16N2O5S. The van der Waals surface area contributed by atoms with Crippen molar-refractivity contribution in [1.82, 2.24) is 0 Å². The van der Waals surface area contributed by atoms with Gasteiger partial charge in [0, 0.05) is 6.07 Å². The van der Waals surface area contributed by atoms with Crippen molar-refractivity contribution in [3.05, 3.63) is 65.0 Å². The monoisotopic (exact) mass is 324 g/mol. The molecule has 0 fully saturated rings. The van der Waals surface area contributed by atoms with E-state index in [9.17, 15) is 18.5 Å². The van der Waals surface area contributed by atoms with E-state index in [-0.39, 0.29) is 17.1 Å². The molecule has 0 bridgehead atoms. The van der Waals surface area contributed by atoms with Crippen LogP contribution in [0, 0.1) is 10.1 Å². The van der Waals surface area contributed by atoms with E-state index < -0.39 is 14.9 Å². The van der Waals surface area contributed by atoms with Crippen molar-refractivity contribution >= 4 is 21.4 Å². The Labute approximate surface area is 128 Å². The maximum atomic E-state index is 11.3. The summed E-state index contributed by atoms with van der Waals surface area (Å²) in [7, 11) is -3.52. The van der Waals surface area contributed by atoms with E-state index in [0.29, 0.717) is 0 Å². The Morgan fingerprint density at radius 3 is 2.50 bits per heavy atom. The van der Waals surface area contributed by atoms with Gasteiger partial charge in [-0.05, 0) is 19.1 Å². The Morgan fingerprint density at radius 1 is 1.23 bits per heavy atom. The summed E-state index contributed by atoms with van der Waals surface area (Å²) in [5.41, 5.74) is -0.0814. The van der Waals surface area contributed by atoms with E-state index >= 15 is 0 Å². The number of hydrogen-bond acceptors (Lipinski definition) is 5. The molecule has 1 aromatic carbocycles. The van der Waals surface area contributed by atoms with Crippen LogP contribution in [0.2, 0.25) is 0 Å². The zero-order valence-electron chi connectivity index (χ0n) is 12.1. The van der Waals surface area contributed by atoms with Gasteiger partial charge in [0.1, 0.15) is 0 Å². The summed E-state index contributed by atoms with van der Waals surface area (Å²) in [5.74, 6) is 0.0373. The number of nitro groups is 1. The van der Waals surface area contributed by atoms with E-state index in [4.69, 9.17) is 4.74 Å². The van der Waals surface area contributed by atoms with Crippen molar-refractivity contribution in [3.63, 3.8) is 0 Å². The van der Waals surface area contributed by atoms with E-state index in [1.807, 2.05) is 19.1 Å². The zero-order valence-corrected chi connectivity index (χ0v) is 12.9. The largest absolute Gasteiger partial charge is 0.463 e. The quantitative estimate of drug-likeness (QED) is 0.360. The van der Waals surface area contributed by atoms with Crippen LogP contribution in [-0.4, -0.2) is 19.6 Å². The fourth-order valence-corrected chi connectivity index (χ4v) is 1.97. The molecule has 0 aliphatic heterocycles.